The molecule has 0 spiro atoms. The van der Waals surface area contributed by atoms with Crippen LogP contribution in [0.1, 0.15) is 6.92 Å². The second-order valence-electron chi connectivity index (χ2n) is 3.60. The van der Waals surface area contributed by atoms with Crippen molar-refractivity contribution in [2.24, 2.45) is 11.7 Å². The van der Waals surface area contributed by atoms with Crippen LogP contribution in [0.3, 0.4) is 0 Å². The molecule has 1 aromatic rings. The van der Waals surface area contributed by atoms with Gasteiger partial charge in [0.15, 0.2) is 5.75 Å². The van der Waals surface area contributed by atoms with E-state index in [2.05, 4.69) is 5.32 Å². The van der Waals surface area contributed by atoms with E-state index in [-0.39, 0.29) is 30.8 Å². The molecule has 0 radical (unpaired) electrons. The molecular weight excluding hydrogens is 298 g/mol. The Balaban J connectivity index is 0.00000289. The molecule has 0 saturated heterocycles. The van der Waals surface area contributed by atoms with E-state index >= 15 is 0 Å². The number of hydrogen-bond acceptors (Lipinski definition) is 3. The molecule has 7 heteroatoms. The smallest absolute Gasteiger partial charge is 0.228 e. The van der Waals surface area contributed by atoms with Crippen molar-refractivity contribution in [2.45, 2.75) is 6.92 Å². The Kier molecular flexibility index (Phi) is 7.40. The van der Waals surface area contributed by atoms with Gasteiger partial charge in [-0.25, -0.2) is 0 Å². The van der Waals surface area contributed by atoms with Gasteiger partial charge in [0, 0.05) is 18.2 Å². The van der Waals surface area contributed by atoms with E-state index < -0.39 is 0 Å². The maximum Gasteiger partial charge on any atom is 0.228 e. The minimum Gasteiger partial charge on any atom is -0.494 e. The van der Waals surface area contributed by atoms with Crippen LogP contribution in [-0.4, -0.2) is 19.6 Å². The maximum absolute atomic E-state index is 11.6. The normalized spacial score (nSPS) is 11.4. The monoisotopic (exact) mass is 312 g/mol. The molecule has 4 nitrogen and oxygen atoms in total. The predicted molar refractivity (Wildman–Crippen MR) is 77.1 cm³/mol. The lowest BCUT2D eigenvalue weighted by Crippen LogP contribution is -2.26. The third-order valence-corrected chi connectivity index (χ3v) is 2.83. The number of amides is 1. The highest BCUT2D eigenvalue weighted by molar-refractivity contribution is 6.37. The number of methoxy groups -OCH3 is 1. The van der Waals surface area contributed by atoms with Gasteiger partial charge in [-0.1, -0.05) is 30.1 Å². The van der Waals surface area contributed by atoms with Crippen LogP contribution in [-0.2, 0) is 4.79 Å². The Morgan fingerprint density at radius 3 is 2.33 bits per heavy atom. The molecule has 1 unspecified atom stereocenters. The summed E-state index contributed by atoms with van der Waals surface area (Å²) in [6.45, 7) is 2.02. The summed E-state index contributed by atoms with van der Waals surface area (Å²) in [5.74, 6) is -0.0577. The average molecular weight is 314 g/mol. The first-order valence-corrected chi connectivity index (χ1v) is 5.79. The molecule has 0 saturated carbocycles. The molecule has 0 heterocycles. The van der Waals surface area contributed by atoms with Crippen LogP contribution in [0.25, 0.3) is 0 Å². The molecule has 0 bridgehead atoms. The van der Waals surface area contributed by atoms with Gasteiger partial charge in [-0.2, -0.15) is 0 Å². The number of carbonyl (C=O) groups is 1. The minimum absolute atomic E-state index is 0. The zero-order valence-corrected chi connectivity index (χ0v) is 12.3. The summed E-state index contributed by atoms with van der Waals surface area (Å²) in [4.78, 5) is 11.6. The van der Waals surface area contributed by atoms with E-state index in [0.717, 1.165) is 0 Å². The fraction of sp³-hybridized carbons (Fsp3) is 0.364. The van der Waals surface area contributed by atoms with Crippen LogP contribution < -0.4 is 15.8 Å². The lowest BCUT2D eigenvalue weighted by Gasteiger charge is -2.12. The second kappa shape index (κ2) is 7.69. The fourth-order valence-electron chi connectivity index (χ4n) is 1.20. The molecule has 0 aliphatic heterocycles. The third kappa shape index (κ3) is 4.21. The third-order valence-electron chi connectivity index (χ3n) is 2.27. The van der Waals surface area contributed by atoms with Crippen LogP contribution >= 0.6 is 35.6 Å². The molecule has 0 aromatic heterocycles. The van der Waals surface area contributed by atoms with Crippen molar-refractivity contribution in [2.75, 3.05) is 19.0 Å². The van der Waals surface area contributed by atoms with Gasteiger partial charge < -0.3 is 15.8 Å². The fourth-order valence-corrected chi connectivity index (χ4v) is 1.84. The number of halogens is 3. The van der Waals surface area contributed by atoms with Gasteiger partial charge in [0.25, 0.3) is 0 Å². The predicted octanol–water partition coefficient (Wildman–Crippen LogP) is 2.96. The topological polar surface area (TPSA) is 64.3 Å². The lowest BCUT2D eigenvalue weighted by atomic mass is 10.1. The van der Waals surface area contributed by atoms with Gasteiger partial charge in [0.1, 0.15) is 0 Å². The standard InChI is InChI=1S/C11H14Cl2N2O2.ClH/c1-6(5-14)11(16)15-7-3-8(12)10(17-2)9(13)4-7;/h3-4,6H,5,14H2,1-2H3,(H,15,16);1H. The van der Waals surface area contributed by atoms with Crippen molar-refractivity contribution >= 4 is 47.2 Å². The SMILES string of the molecule is COc1c(Cl)cc(NC(=O)C(C)CN)cc1Cl.Cl. The molecule has 1 aromatic carbocycles. The van der Waals surface area contributed by atoms with E-state index in [1.807, 2.05) is 0 Å². The summed E-state index contributed by atoms with van der Waals surface area (Å²) in [7, 11) is 1.47. The number of nitrogens with two attached hydrogens (primary N) is 1. The van der Waals surface area contributed by atoms with Crippen molar-refractivity contribution < 1.29 is 9.53 Å². The number of anilines is 1. The Morgan fingerprint density at radius 1 is 1.44 bits per heavy atom. The number of benzene rings is 1. The van der Waals surface area contributed by atoms with Gasteiger partial charge in [0.05, 0.1) is 17.2 Å². The van der Waals surface area contributed by atoms with E-state index in [4.69, 9.17) is 33.7 Å². The van der Waals surface area contributed by atoms with Crippen LogP contribution in [0.4, 0.5) is 5.69 Å². The quantitative estimate of drug-likeness (QED) is 0.898. The van der Waals surface area contributed by atoms with Crippen molar-refractivity contribution in [3.63, 3.8) is 0 Å². The lowest BCUT2D eigenvalue weighted by molar-refractivity contribution is -0.119. The van der Waals surface area contributed by atoms with Crippen LogP contribution in [0.2, 0.25) is 10.0 Å². The summed E-state index contributed by atoms with van der Waals surface area (Å²) >= 11 is 11.9. The summed E-state index contributed by atoms with van der Waals surface area (Å²) in [5.41, 5.74) is 5.92. The highest BCUT2D eigenvalue weighted by Crippen LogP contribution is 2.35. The van der Waals surface area contributed by atoms with Gasteiger partial charge >= 0.3 is 0 Å². The van der Waals surface area contributed by atoms with Gasteiger partial charge in [-0.15, -0.1) is 12.4 Å². The molecule has 0 aliphatic rings. The largest absolute Gasteiger partial charge is 0.494 e. The first-order valence-electron chi connectivity index (χ1n) is 5.03. The van der Waals surface area contributed by atoms with E-state index in [0.29, 0.717) is 21.5 Å². The van der Waals surface area contributed by atoms with E-state index in [1.165, 1.54) is 7.11 Å². The zero-order valence-electron chi connectivity index (χ0n) is 10.00. The number of hydrogen-bond donors (Lipinski definition) is 2. The highest BCUT2D eigenvalue weighted by Gasteiger charge is 2.13. The number of rotatable bonds is 4. The summed E-state index contributed by atoms with van der Waals surface area (Å²) in [6, 6.07) is 3.15. The van der Waals surface area contributed by atoms with Crippen molar-refractivity contribution in [3.8, 4) is 5.75 Å². The molecule has 1 atom stereocenters. The first kappa shape index (κ1) is 17.3. The average Bonchev–Trinajstić information content (AvgIpc) is 2.27. The van der Waals surface area contributed by atoms with Crippen molar-refractivity contribution in [1.29, 1.82) is 0 Å². The molecule has 0 aliphatic carbocycles. The molecule has 0 fully saturated rings. The number of carbonyl (C=O) groups excluding carboxylic acids is 1. The van der Waals surface area contributed by atoms with Crippen LogP contribution in [0.5, 0.6) is 5.75 Å². The molecule has 3 N–H and O–H groups in total. The second-order valence-corrected chi connectivity index (χ2v) is 4.41. The zero-order chi connectivity index (χ0) is 13.0. The number of nitrogens with one attached hydrogen (secondary N) is 1. The Hall–Kier alpha value is -0.680. The Morgan fingerprint density at radius 2 is 1.94 bits per heavy atom. The number of ether oxygens (including phenoxy) is 1. The minimum atomic E-state index is -0.269. The van der Waals surface area contributed by atoms with Gasteiger partial charge in [-0.05, 0) is 12.1 Å². The van der Waals surface area contributed by atoms with Gasteiger partial charge in [0.2, 0.25) is 5.91 Å². The highest BCUT2D eigenvalue weighted by atomic mass is 35.5. The summed E-state index contributed by atoms with van der Waals surface area (Å²) in [6.07, 6.45) is 0. The Labute approximate surface area is 122 Å². The van der Waals surface area contributed by atoms with E-state index in [1.54, 1.807) is 19.1 Å². The van der Waals surface area contributed by atoms with Crippen molar-refractivity contribution in [1.82, 2.24) is 0 Å². The van der Waals surface area contributed by atoms with Crippen LogP contribution in [0.15, 0.2) is 12.1 Å². The van der Waals surface area contributed by atoms with Crippen LogP contribution in [0, 0.1) is 5.92 Å². The van der Waals surface area contributed by atoms with Gasteiger partial charge in [-0.3, -0.25) is 4.79 Å². The summed E-state index contributed by atoms with van der Waals surface area (Å²) in [5, 5.41) is 3.37. The molecule has 102 valence electrons. The summed E-state index contributed by atoms with van der Waals surface area (Å²) < 4.78 is 5.01. The first-order chi connectivity index (χ1) is 7.99. The molecule has 1 amide bonds. The van der Waals surface area contributed by atoms with Crippen molar-refractivity contribution in [3.05, 3.63) is 22.2 Å². The van der Waals surface area contributed by atoms with E-state index in [9.17, 15) is 4.79 Å². The molecule has 1 rings (SSSR count). The maximum atomic E-state index is 11.6. The molecular formula is C11H15Cl3N2O2. The molecule has 18 heavy (non-hydrogen) atoms. The Bertz CT molecular complexity index is 404.